The van der Waals surface area contributed by atoms with Gasteiger partial charge in [-0.3, -0.25) is 0 Å². The van der Waals surface area contributed by atoms with E-state index in [4.69, 9.17) is 9.47 Å². The molecular formula is C16H24O4. The van der Waals surface area contributed by atoms with E-state index in [2.05, 4.69) is 0 Å². The van der Waals surface area contributed by atoms with Crippen LogP contribution in [0.2, 0.25) is 0 Å². The Kier molecular flexibility index (Phi) is 6.02. The number of rotatable bonds is 7. The highest BCUT2D eigenvalue weighted by Crippen LogP contribution is 2.32. The second-order valence-electron chi connectivity index (χ2n) is 4.72. The fourth-order valence-corrected chi connectivity index (χ4v) is 2.18. The predicted octanol–water partition coefficient (Wildman–Crippen LogP) is 2.89. The first kappa shape index (κ1) is 16.5. The SMILES string of the molecule is CCOC(=O)C(O)(CC)C(C)c1ccc(OCC)cc1. The summed E-state index contributed by atoms with van der Waals surface area (Å²) in [7, 11) is 0. The number of hydrogen-bond acceptors (Lipinski definition) is 4. The highest BCUT2D eigenvalue weighted by Gasteiger charge is 2.42. The van der Waals surface area contributed by atoms with Crippen molar-refractivity contribution in [1.82, 2.24) is 0 Å². The van der Waals surface area contributed by atoms with E-state index in [0.29, 0.717) is 13.0 Å². The fourth-order valence-electron chi connectivity index (χ4n) is 2.18. The molecule has 0 amide bonds. The van der Waals surface area contributed by atoms with Crippen LogP contribution in [0.5, 0.6) is 5.75 Å². The molecule has 20 heavy (non-hydrogen) atoms. The average molecular weight is 280 g/mol. The van der Waals surface area contributed by atoms with Crippen LogP contribution in [0.3, 0.4) is 0 Å². The van der Waals surface area contributed by atoms with Gasteiger partial charge in [0.15, 0.2) is 5.60 Å². The first-order valence-corrected chi connectivity index (χ1v) is 7.11. The largest absolute Gasteiger partial charge is 0.494 e. The van der Waals surface area contributed by atoms with Crippen LogP contribution in [-0.2, 0) is 9.53 Å². The fraction of sp³-hybridized carbons (Fsp3) is 0.562. The van der Waals surface area contributed by atoms with Crippen molar-refractivity contribution < 1.29 is 19.4 Å². The van der Waals surface area contributed by atoms with E-state index >= 15 is 0 Å². The van der Waals surface area contributed by atoms with Gasteiger partial charge < -0.3 is 14.6 Å². The van der Waals surface area contributed by atoms with Crippen LogP contribution in [0.15, 0.2) is 24.3 Å². The summed E-state index contributed by atoms with van der Waals surface area (Å²) in [6.45, 7) is 8.13. The summed E-state index contributed by atoms with van der Waals surface area (Å²) in [4.78, 5) is 12.0. The Labute approximate surface area is 120 Å². The lowest BCUT2D eigenvalue weighted by atomic mass is 9.81. The maximum atomic E-state index is 12.0. The molecular weight excluding hydrogens is 256 g/mol. The van der Waals surface area contributed by atoms with Crippen LogP contribution in [-0.4, -0.2) is 29.9 Å². The molecule has 0 saturated heterocycles. The van der Waals surface area contributed by atoms with Crippen LogP contribution in [0, 0.1) is 0 Å². The molecule has 0 radical (unpaired) electrons. The molecule has 112 valence electrons. The molecule has 4 nitrogen and oxygen atoms in total. The van der Waals surface area contributed by atoms with Crippen LogP contribution in [0.4, 0.5) is 0 Å². The van der Waals surface area contributed by atoms with E-state index in [1.54, 1.807) is 13.8 Å². The quantitative estimate of drug-likeness (QED) is 0.780. The first-order valence-electron chi connectivity index (χ1n) is 7.11. The maximum absolute atomic E-state index is 12.0. The van der Waals surface area contributed by atoms with Crippen LogP contribution in [0.1, 0.15) is 45.6 Å². The summed E-state index contributed by atoms with van der Waals surface area (Å²) in [6.07, 6.45) is 0.306. The van der Waals surface area contributed by atoms with E-state index in [1.807, 2.05) is 38.1 Å². The third-order valence-electron chi connectivity index (χ3n) is 3.58. The summed E-state index contributed by atoms with van der Waals surface area (Å²) in [5, 5.41) is 10.6. The van der Waals surface area contributed by atoms with Gasteiger partial charge in [0.2, 0.25) is 0 Å². The van der Waals surface area contributed by atoms with Crippen molar-refractivity contribution in [2.24, 2.45) is 0 Å². The zero-order valence-electron chi connectivity index (χ0n) is 12.7. The molecule has 0 aliphatic carbocycles. The van der Waals surface area contributed by atoms with Crippen molar-refractivity contribution in [2.45, 2.75) is 45.6 Å². The zero-order valence-corrected chi connectivity index (χ0v) is 12.7. The first-order chi connectivity index (χ1) is 9.49. The minimum atomic E-state index is -1.50. The summed E-state index contributed by atoms with van der Waals surface area (Å²) < 4.78 is 10.4. The van der Waals surface area contributed by atoms with Crippen molar-refractivity contribution in [2.75, 3.05) is 13.2 Å². The molecule has 0 saturated carbocycles. The maximum Gasteiger partial charge on any atom is 0.338 e. The van der Waals surface area contributed by atoms with Crippen molar-refractivity contribution in [3.63, 3.8) is 0 Å². The number of ether oxygens (including phenoxy) is 2. The Morgan fingerprint density at radius 1 is 1.20 bits per heavy atom. The standard InChI is InChI=1S/C16H24O4/c1-5-16(18,15(17)20-7-3)12(4)13-8-10-14(11-9-13)19-6-2/h8-12,18H,5-7H2,1-4H3. The molecule has 1 N–H and O–H groups in total. The van der Waals surface area contributed by atoms with E-state index in [1.165, 1.54) is 0 Å². The third-order valence-corrected chi connectivity index (χ3v) is 3.58. The Morgan fingerprint density at radius 2 is 1.80 bits per heavy atom. The van der Waals surface area contributed by atoms with Gasteiger partial charge in [-0.15, -0.1) is 0 Å². The predicted molar refractivity (Wildman–Crippen MR) is 77.9 cm³/mol. The molecule has 0 aromatic heterocycles. The van der Waals surface area contributed by atoms with Gasteiger partial charge in [0.25, 0.3) is 0 Å². The molecule has 0 aliphatic rings. The molecule has 0 bridgehead atoms. The molecule has 2 atom stereocenters. The smallest absolute Gasteiger partial charge is 0.338 e. The Hall–Kier alpha value is -1.55. The monoisotopic (exact) mass is 280 g/mol. The normalized spacial score (nSPS) is 15.2. The number of carbonyl (C=O) groups excluding carboxylic acids is 1. The second-order valence-corrected chi connectivity index (χ2v) is 4.72. The minimum Gasteiger partial charge on any atom is -0.494 e. The Balaban J connectivity index is 2.95. The van der Waals surface area contributed by atoms with Gasteiger partial charge in [-0.05, 0) is 38.0 Å². The van der Waals surface area contributed by atoms with Crippen LogP contribution >= 0.6 is 0 Å². The van der Waals surface area contributed by atoms with Gasteiger partial charge in [0, 0.05) is 5.92 Å². The lowest BCUT2D eigenvalue weighted by Gasteiger charge is -2.31. The van der Waals surface area contributed by atoms with Gasteiger partial charge in [0.1, 0.15) is 5.75 Å². The van der Waals surface area contributed by atoms with Crippen molar-refractivity contribution in [1.29, 1.82) is 0 Å². The summed E-state index contributed by atoms with van der Waals surface area (Å²) >= 11 is 0. The number of hydrogen-bond donors (Lipinski definition) is 1. The Bertz CT molecular complexity index is 427. The van der Waals surface area contributed by atoms with E-state index in [9.17, 15) is 9.90 Å². The van der Waals surface area contributed by atoms with Gasteiger partial charge in [-0.2, -0.15) is 0 Å². The van der Waals surface area contributed by atoms with Gasteiger partial charge in [-0.25, -0.2) is 4.79 Å². The second kappa shape index (κ2) is 7.29. The molecule has 0 heterocycles. The van der Waals surface area contributed by atoms with Gasteiger partial charge in [0.05, 0.1) is 13.2 Å². The molecule has 0 aliphatic heterocycles. The molecule has 0 spiro atoms. The molecule has 1 aromatic carbocycles. The number of benzene rings is 1. The van der Waals surface area contributed by atoms with Crippen LogP contribution < -0.4 is 4.74 Å². The van der Waals surface area contributed by atoms with E-state index in [0.717, 1.165) is 11.3 Å². The zero-order chi connectivity index (χ0) is 15.2. The van der Waals surface area contributed by atoms with Gasteiger partial charge >= 0.3 is 5.97 Å². The summed E-state index contributed by atoms with van der Waals surface area (Å²) in [5.74, 6) is -0.134. The minimum absolute atomic E-state index is 0.261. The lowest BCUT2D eigenvalue weighted by Crippen LogP contribution is -2.44. The highest BCUT2D eigenvalue weighted by molar-refractivity contribution is 5.80. The molecule has 4 heteroatoms. The third kappa shape index (κ3) is 3.51. The van der Waals surface area contributed by atoms with E-state index < -0.39 is 11.6 Å². The number of aliphatic hydroxyl groups is 1. The topological polar surface area (TPSA) is 55.8 Å². The lowest BCUT2D eigenvalue weighted by molar-refractivity contribution is -0.167. The summed E-state index contributed by atoms with van der Waals surface area (Å²) in [6, 6.07) is 7.43. The van der Waals surface area contributed by atoms with Crippen molar-refractivity contribution in [3.8, 4) is 5.75 Å². The Morgan fingerprint density at radius 3 is 2.25 bits per heavy atom. The molecule has 0 fully saturated rings. The van der Waals surface area contributed by atoms with Gasteiger partial charge in [-0.1, -0.05) is 26.0 Å². The highest BCUT2D eigenvalue weighted by atomic mass is 16.5. The van der Waals surface area contributed by atoms with Crippen LogP contribution in [0.25, 0.3) is 0 Å². The molecule has 2 unspecified atom stereocenters. The molecule has 1 aromatic rings. The molecule has 1 rings (SSSR count). The number of carbonyl (C=O) groups is 1. The average Bonchev–Trinajstić information content (AvgIpc) is 2.47. The van der Waals surface area contributed by atoms with Crippen molar-refractivity contribution in [3.05, 3.63) is 29.8 Å². The van der Waals surface area contributed by atoms with E-state index in [-0.39, 0.29) is 12.5 Å². The van der Waals surface area contributed by atoms with Crippen molar-refractivity contribution >= 4 is 5.97 Å². The summed E-state index contributed by atoms with van der Waals surface area (Å²) in [5.41, 5.74) is -0.616. The number of esters is 1.